The zero-order valence-electron chi connectivity index (χ0n) is 8.37. The molecule has 0 unspecified atom stereocenters. The molecule has 0 radical (unpaired) electrons. The van der Waals surface area contributed by atoms with Crippen LogP contribution in [-0.4, -0.2) is 19.7 Å². The highest BCUT2D eigenvalue weighted by molar-refractivity contribution is 5.76. The van der Waals surface area contributed by atoms with Gasteiger partial charge in [-0.2, -0.15) is 5.10 Å². The van der Waals surface area contributed by atoms with E-state index in [-0.39, 0.29) is 0 Å². The smallest absolute Gasteiger partial charge is 0.217 e. The first-order valence-electron chi connectivity index (χ1n) is 4.78. The second kappa shape index (κ2) is 3.34. The van der Waals surface area contributed by atoms with Crippen LogP contribution in [0.2, 0.25) is 0 Å². The summed E-state index contributed by atoms with van der Waals surface area (Å²) in [7, 11) is 0. The van der Waals surface area contributed by atoms with Crippen LogP contribution in [0, 0.1) is 0 Å². The molecule has 80 valence electrons. The van der Waals surface area contributed by atoms with Crippen molar-refractivity contribution in [1.29, 1.82) is 0 Å². The summed E-state index contributed by atoms with van der Waals surface area (Å²) in [5.41, 5.74) is 7.80. The Morgan fingerprint density at radius 3 is 3.12 bits per heavy atom. The van der Waals surface area contributed by atoms with Crippen LogP contribution in [0.4, 0.5) is 5.69 Å². The van der Waals surface area contributed by atoms with Crippen molar-refractivity contribution in [2.45, 2.75) is 6.54 Å². The molecule has 0 bridgehead atoms. The summed E-state index contributed by atoms with van der Waals surface area (Å²) < 4.78 is 7.19. The molecule has 0 atom stereocenters. The molecule has 16 heavy (non-hydrogen) atoms. The lowest BCUT2D eigenvalue weighted by Crippen LogP contribution is -1.99. The first-order valence-corrected chi connectivity index (χ1v) is 4.78. The average Bonchev–Trinajstić information content (AvgIpc) is 2.86. The van der Waals surface area contributed by atoms with E-state index in [1.807, 2.05) is 6.07 Å². The van der Waals surface area contributed by atoms with E-state index >= 15 is 0 Å². The number of aromatic nitrogens is 4. The topological polar surface area (TPSA) is 82.8 Å². The van der Waals surface area contributed by atoms with Gasteiger partial charge in [-0.3, -0.25) is 0 Å². The summed E-state index contributed by atoms with van der Waals surface area (Å²) in [4.78, 5) is 8.17. The monoisotopic (exact) mass is 215 g/mol. The number of fused-ring (bicyclic) bond motifs is 1. The minimum absolute atomic E-state index is 0.467. The Morgan fingerprint density at radius 1 is 1.38 bits per heavy atom. The van der Waals surface area contributed by atoms with E-state index in [4.69, 9.17) is 10.2 Å². The van der Waals surface area contributed by atoms with Crippen LogP contribution >= 0.6 is 0 Å². The standard InChI is InChI=1S/C10H9N5O/c11-7-1-2-8-9(3-7)16-10(14-8)4-15-6-12-5-13-15/h1-3,5-6H,4,11H2. The number of nitrogens with two attached hydrogens (primary N) is 1. The molecule has 6 nitrogen and oxygen atoms in total. The average molecular weight is 215 g/mol. The molecule has 0 spiro atoms. The number of hydrogen-bond donors (Lipinski definition) is 1. The zero-order valence-corrected chi connectivity index (χ0v) is 8.37. The maximum Gasteiger partial charge on any atom is 0.217 e. The molecular weight excluding hydrogens is 206 g/mol. The minimum atomic E-state index is 0.467. The molecule has 1 aromatic carbocycles. The third kappa shape index (κ3) is 1.50. The number of benzene rings is 1. The maximum atomic E-state index is 5.65. The van der Waals surface area contributed by atoms with Crippen LogP contribution in [0.1, 0.15) is 5.89 Å². The summed E-state index contributed by atoms with van der Waals surface area (Å²) in [5.74, 6) is 0.589. The fourth-order valence-corrected chi connectivity index (χ4v) is 1.51. The van der Waals surface area contributed by atoms with Crippen LogP contribution in [0.5, 0.6) is 0 Å². The van der Waals surface area contributed by atoms with Crippen molar-refractivity contribution in [3.05, 3.63) is 36.7 Å². The van der Waals surface area contributed by atoms with Gasteiger partial charge in [-0.15, -0.1) is 0 Å². The molecule has 2 N–H and O–H groups in total. The summed E-state index contributed by atoms with van der Waals surface area (Å²) >= 11 is 0. The molecule has 0 saturated heterocycles. The van der Waals surface area contributed by atoms with Crippen molar-refractivity contribution in [3.8, 4) is 0 Å². The van der Waals surface area contributed by atoms with E-state index in [1.165, 1.54) is 6.33 Å². The van der Waals surface area contributed by atoms with Crippen molar-refractivity contribution in [2.24, 2.45) is 0 Å². The number of anilines is 1. The SMILES string of the molecule is Nc1ccc2nc(Cn3cncn3)oc2c1. The van der Waals surface area contributed by atoms with E-state index < -0.39 is 0 Å². The molecule has 0 aliphatic carbocycles. The third-order valence-electron chi connectivity index (χ3n) is 2.22. The Bertz CT molecular complexity index is 613. The molecular formula is C10H9N5O. The fourth-order valence-electron chi connectivity index (χ4n) is 1.51. The van der Waals surface area contributed by atoms with Crippen LogP contribution in [-0.2, 0) is 6.54 Å². The van der Waals surface area contributed by atoms with Gasteiger partial charge in [0.05, 0.1) is 0 Å². The Kier molecular flexibility index (Phi) is 1.86. The molecule has 0 aliphatic heterocycles. The lowest BCUT2D eigenvalue weighted by Gasteiger charge is -1.92. The van der Waals surface area contributed by atoms with Gasteiger partial charge in [0.15, 0.2) is 5.58 Å². The molecule has 2 heterocycles. The van der Waals surface area contributed by atoms with Crippen LogP contribution in [0.15, 0.2) is 35.3 Å². The molecule has 0 aliphatic rings. The number of oxazole rings is 1. The van der Waals surface area contributed by atoms with E-state index in [0.717, 1.165) is 5.52 Å². The Balaban J connectivity index is 1.99. The predicted octanol–water partition coefficient (Wildman–Crippen LogP) is 1.05. The summed E-state index contributed by atoms with van der Waals surface area (Å²) in [6.45, 7) is 0.467. The molecule has 3 rings (SSSR count). The lowest BCUT2D eigenvalue weighted by molar-refractivity contribution is 0.491. The molecule has 0 amide bonds. The van der Waals surface area contributed by atoms with Gasteiger partial charge in [-0.05, 0) is 12.1 Å². The van der Waals surface area contributed by atoms with E-state index in [9.17, 15) is 0 Å². The van der Waals surface area contributed by atoms with Crippen LogP contribution < -0.4 is 5.73 Å². The zero-order chi connectivity index (χ0) is 11.0. The molecule has 3 aromatic rings. The Hall–Kier alpha value is -2.37. The van der Waals surface area contributed by atoms with Crippen molar-refractivity contribution >= 4 is 16.8 Å². The van der Waals surface area contributed by atoms with Gasteiger partial charge in [0, 0.05) is 11.8 Å². The van der Waals surface area contributed by atoms with Gasteiger partial charge >= 0.3 is 0 Å². The van der Waals surface area contributed by atoms with E-state index in [2.05, 4.69) is 15.1 Å². The maximum absolute atomic E-state index is 5.65. The minimum Gasteiger partial charge on any atom is -0.439 e. The van der Waals surface area contributed by atoms with Crippen molar-refractivity contribution in [2.75, 3.05) is 5.73 Å². The molecule has 6 heteroatoms. The van der Waals surface area contributed by atoms with Crippen LogP contribution in [0.25, 0.3) is 11.1 Å². The normalized spacial score (nSPS) is 11.0. The Morgan fingerprint density at radius 2 is 2.31 bits per heavy atom. The number of nitrogen functional groups attached to an aromatic ring is 1. The van der Waals surface area contributed by atoms with Gasteiger partial charge in [-0.1, -0.05) is 0 Å². The molecule has 2 aromatic heterocycles. The van der Waals surface area contributed by atoms with Crippen LogP contribution in [0.3, 0.4) is 0 Å². The second-order valence-corrected chi connectivity index (χ2v) is 3.43. The second-order valence-electron chi connectivity index (χ2n) is 3.43. The summed E-state index contributed by atoms with van der Waals surface area (Å²) in [5, 5.41) is 3.98. The molecule has 0 fully saturated rings. The first-order chi connectivity index (χ1) is 7.81. The summed E-state index contributed by atoms with van der Waals surface area (Å²) in [6, 6.07) is 5.39. The van der Waals surface area contributed by atoms with Gasteiger partial charge in [0.25, 0.3) is 0 Å². The summed E-state index contributed by atoms with van der Waals surface area (Å²) in [6.07, 6.45) is 3.09. The predicted molar refractivity (Wildman–Crippen MR) is 57.5 cm³/mol. The fraction of sp³-hybridized carbons (Fsp3) is 0.100. The van der Waals surface area contributed by atoms with Gasteiger partial charge < -0.3 is 10.2 Å². The largest absolute Gasteiger partial charge is 0.439 e. The number of nitrogens with zero attached hydrogens (tertiary/aromatic N) is 4. The first kappa shape index (κ1) is 8.90. The van der Waals surface area contributed by atoms with Crippen molar-refractivity contribution in [1.82, 2.24) is 19.7 Å². The highest BCUT2D eigenvalue weighted by Gasteiger charge is 2.06. The number of hydrogen-bond acceptors (Lipinski definition) is 5. The Labute approximate surface area is 90.7 Å². The number of rotatable bonds is 2. The highest BCUT2D eigenvalue weighted by Crippen LogP contribution is 2.18. The third-order valence-corrected chi connectivity index (χ3v) is 2.22. The van der Waals surface area contributed by atoms with Crippen molar-refractivity contribution in [3.63, 3.8) is 0 Å². The van der Waals surface area contributed by atoms with Gasteiger partial charge in [0.1, 0.15) is 24.7 Å². The van der Waals surface area contributed by atoms with Gasteiger partial charge in [-0.25, -0.2) is 14.6 Å². The van der Waals surface area contributed by atoms with Gasteiger partial charge in [0.2, 0.25) is 5.89 Å². The van der Waals surface area contributed by atoms with Crippen molar-refractivity contribution < 1.29 is 4.42 Å². The lowest BCUT2D eigenvalue weighted by atomic mass is 10.3. The quantitative estimate of drug-likeness (QED) is 0.646. The molecule has 0 saturated carbocycles. The highest BCUT2D eigenvalue weighted by atomic mass is 16.3. The van der Waals surface area contributed by atoms with E-state index in [1.54, 1.807) is 23.1 Å². The van der Waals surface area contributed by atoms with E-state index in [0.29, 0.717) is 23.7 Å².